The van der Waals surface area contributed by atoms with Crippen LogP contribution < -0.4 is 5.32 Å². The van der Waals surface area contributed by atoms with E-state index in [-0.39, 0.29) is 17.7 Å². The molecular weight excluding hydrogens is 416 g/mol. The third kappa shape index (κ3) is 4.23. The molecule has 1 aliphatic carbocycles. The van der Waals surface area contributed by atoms with Gasteiger partial charge in [0.15, 0.2) is 0 Å². The Morgan fingerprint density at radius 3 is 2.24 bits per heavy atom. The number of anilines is 1. The van der Waals surface area contributed by atoms with Crippen molar-refractivity contribution in [2.45, 2.75) is 52.9 Å². The molecule has 5 rings (SSSR count). The normalized spacial score (nSPS) is 17.8. The maximum absolute atomic E-state index is 13.3. The Hall–Kier alpha value is -3.46. The van der Waals surface area contributed by atoms with Gasteiger partial charge in [-0.15, -0.1) is 0 Å². The molecule has 4 aromatic rings. The minimum atomic E-state index is -0.0273. The molecule has 1 amide bonds. The van der Waals surface area contributed by atoms with Crippen LogP contribution in [-0.2, 0) is 4.79 Å². The number of pyridine rings is 1. The second-order valence-corrected chi connectivity index (χ2v) is 9.87. The summed E-state index contributed by atoms with van der Waals surface area (Å²) in [5.41, 5.74) is 8.67. The summed E-state index contributed by atoms with van der Waals surface area (Å²) in [6.45, 7) is 8.61. The SMILES string of the molecule is Cc1cc2cc(C)c(C3CCCC3C(=O)Nc3ccc(-c4ccccc4C)cn3)cc2cc1C. The molecule has 1 fully saturated rings. The zero-order valence-corrected chi connectivity index (χ0v) is 20.5. The summed E-state index contributed by atoms with van der Waals surface area (Å²) in [6, 6.07) is 21.4. The fourth-order valence-electron chi connectivity index (χ4n) is 5.50. The number of hydrogen-bond acceptors (Lipinski definition) is 2. The highest BCUT2D eigenvalue weighted by atomic mass is 16.2. The average Bonchev–Trinajstić information content (AvgIpc) is 3.31. The Morgan fingerprint density at radius 2 is 1.53 bits per heavy atom. The molecule has 1 aromatic heterocycles. The van der Waals surface area contributed by atoms with E-state index in [1.165, 1.54) is 44.2 Å². The third-order valence-electron chi connectivity index (χ3n) is 7.56. The molecule has 34 heavy (non-hydrogen) atoms. The highest BCUT2D eigenvalue weighted by Crippen LogP contribution is 2.42. The van der Waals surface area contributed by atoms with Crippen LogP contribution in [-0.4, -0.2) is 10.9 Å². The molecule has 0 aliphatic heterocycles. The topological polar surface area (TPSA) is 42.0 Å². The molecule has 0 bridgehead atoms. The molecule has 1 N–H and O–H groups in total. The van der Waals surface area contributed by atoms with Crippen LogP contribution in [0.15, 0.2) is 66.9 Å². The maximum atomic E-state index is 13.3. The van der Waals surface area contributed by atoms with E-state index >= 15 is 0 Å². The molecule has 2 unspecified atom stereocenters. The number of benzene rings is 3. The van der Waals surface area contributed by atoms with Crippen molar-refractivity contribution in [3.8, 4) is 11.1 Å². The van der Waals surface area contributed by atoms with Crippen molar-refractivity contribution >= 4 is 22.5 Å². The first-order valence-corrected chi connectivity index (χ1v) is 12.2. The van der Waals surface area contributed by atoms with E-state index in [0.29, 0.717) is 5.82 Å². The summed E-state index contributed by atoms with van der Waals surface area (Å²) >= 11 is 0. The van der Waals surface area contributed by atoms with Crippen molar-refractivity contribution in [2.75, 3.05) is 5.32 Å². The first kappa shape index (κ1) is 22.3. The molecule has 3 nitrogen and oxygen atoms in total. The molecule has 2 atom stereocenters. The van der Waals surface area contributed by atoms with Gasteiger partial charge >= 0.3 is 0 Å². The van der Waals surface area contributed by atoms with E-state index in [9.17, 15) is 4.79 Å². The van der Waals surface area contributed by atoms with Gasteiger partial charge in [-0.25, -0.2) is 4.98 Å². The maximum Gasteiger partial charge on any atom is 0.229 e. The molecule has 1 heterocycles. The van der Waals surface area contributed by atoms with Gasteiger partial charge in [0.25, 0.3) is 0 Å². The van der Waals surface area contributed by atoms with Crippen molar-refractivity contribution in [3.63, 3.8) is 0 Å². The second kappa shape index (κ2) is 9.06. The summed E-state index contributed by atoms with van der Waals surface area (Å²) in [4.78, 5) is 17.9. The minimum Gasteiger partial charge on any atom is -0.310 e. The highest BCUT2D eigenvalue weighted by molar-refractivity contribution is 5.93. The zero-order chi connectivity index (χ0) is 23.8. The number of rotatable bonds is 4. The van der Waals surface area contributed by atoms with Crippen molar-refractivity contribution < 1.29 is 4.79 Å². The summed E-state index contributed by atoms with van der Waals surface area (Å²) < 4.78 is 0. The Labute approximate surface area is 202 Å². The molecule has 3 aromatic carbocycles. The monoisotopic (exact) mass is 448 g/mol. The van der Waals surface area contributed by atoms with E-state index in [0.717, 1.165) is 24.8 Å². The molecule has 0 radical (unpaired) electrons. The fourth-order valence-corrected chi connectivity index (χ4v) is 5.50. The quantitative estimate of drug-likeness (QED) is 0.348. The minimum absolute atomic E-state index is 0.0273. The number of carbonyl (C=O) groups is 1. The lowest BCUT2D eigenvalue weighted by Crippen LogP contribution is -2.25. The van der Waals surface area contributed by atoms with Crippen LogP contribution in [0.1, 0.15) is 53.0 Å². The van der Waals surface area contributed by atoms with Crippen molar-refractivity contribution in [2.24, 2.45) is 5.92 Å². The van der Waals surface area contributed by atoms with Gasteiger partial charge in [-0.1, -0.05) is 55.0 Å². The van der Waals surface area contributed by atoms with Gasteiger partial charge in [-0.05, 0) is 103 Å². The molecule has 172 valence electrons. The standard InChI is InChI=1S/C31H32N2O/c1-19-8-5-6-9-26(19)23-12-13-30(32-18-23)33-31(34)28-11-7-10-27(28)29-17-25-15-21(3)20(2)14-24(25)16-22(29)4/h5-6,8-9,12-18,27-28H,7,10-11H2,1-4H3,(H,32,33,34). The first-order valence-electron chi connectivity index (χ1n) is 12.2. The van der Waals surface area contributed by atoms with Crippen molar-refractivity contribution in [1.82, 2.24) is 4.98 Å². The van der Waals surface area contributed by atoms with Crippen molar-refractivity contribution in [3.05, 3.63) is 94.7 Å². The van der Waals surface area contributed by atoms with Crippen LogP contribution in [0.5, 0.6) is 0 Å². The predicted molar refractivity (Wildman–Crippen MR) is 141 cm³/mol. The van der Waals surface area contributed by atoms with Gasteiger partial charge in [-0.2, -0.15) is 0 Å². The molecule has 0 spiro atoms. The second-order valence-electron chi connectivity index (χ2n) is 9.87. The number of nitrogens with zero attached hydrogens (tertiary/aromatic N) is 1. The van der Waals surface area contributed by atoms with Crippen LogP contribution >= 0.6 is 0 Å². The number of nitrogens with one attached hydrogen (secondary N) is 1. The molecule has 1 aliphatic rings. The number of fused-ring (bicyclic) bond motifs is 1. The largest absolute Gasteiger partial charge is 0.310 e. The molecule has 3 heteroatoms. The number of carbonyl (C=O) groups excluding carboxylic acids is 1. The molecule has 0 saturated heterocycles. The van der Waals surface area contributed by atoms with Crippen LogP contribution in [0.25, 0.3) is 21.9 Å². The lowest BCUT2D eigenvalue weighted by molar-refractivity contribution is -0.120. The molecule has 1 saturated carbocycles. The van der Waals surface area contributed by atoms with Gasteiger partial charge in [-0.3, -0.25) is 4.79 Å². The first-order chi connectivity index (χ1) is 16.4. The Morgan fingerprint density at radius 1 is 0.824 bits per heavy atom. The Bertz CT molecular complexity index is 1370. The predicted octanol–water partition coefficient (Wildman–Crippen LogP) is 7.66. The van der Waals surface area contributed by atoms with Gasteiger partial charge in [0, 0.05) is 17.7 Å². The van der Waals surface area contributed by atoms with E-state index in [4.69, 9.17) is 0 Å². The van der Waals surface area contributed by atoms with Gasteiger partial charge in [0.2, 0.25) is 5.91 Å². The Kier molecular flexibility index (Phi) is 5.95. The summed E-state index contributed by atoms with van der Waals surface area (Å²) in [5.74, 6) is 0.922. The number of aryl methyl sites for hydroxylation is 4. The lowest BCUT2D eigenvalue weighted by atomic mass is 9.84. The van der Waals surface area contributed by atoms with Crippen LogP contribution in [0.3, 0.4) is 0 Å². The smallest absolute Gasteiger partial charge is 0.229 e. The van der Waals surface area contributed by atoms with E-state index in [2.05, 4.69) is 74.4 Å². The van der Waals surface area contributed by atoms with Crippen LogP contribution in [0, 0.1) is 33.6 Å². The van der Waals surface area contributed by atoms with Gasteiger partial charge in [0.05, 0.1) is 0 Å². The van der Waals surface area contributed by atoms with Crippen LogP contribution in [0.4, 0.5) is 5.82 Å². The molecular formula is C31H32N2O. The number of hydrogen-bond donors (Lipinski definition) is 1. The summed E-state index contributed by atoms with van der Waals surface area (Å²) in [6.07, 6.45) is 4.89. The average molecular weight is 449 g/mol. The lowest BCUT2D eigenvalue weighted by Gasteiger charge is -2.22. The van der Waals surface area contributed by atoms with Gasteiger partial charge in [0.1, 0.15) is 5.82 Å². The van der Waals surface area contributed by atoms with E-state index in [1.54, 1.807) is 0 Å². The summed E-state index contributed by atoms with van der Waals surface area (Å²) in [5, 5.41) is 5.65. The van der Waals surface area contributed by atoms with Gasteiger partial charge < -0.3 is 5.32 Å². The van der Waals surface area contributed by atoms with E-state index in [1.807, 2.05) is 30.5 Å². The summed E-state index contributed by atoms with van der Waals surface area (Å²) in [7, 11) is 0. The number of aromatic nitrogens is 1. The Balaban J connectivity index is 1.37. The number of amides is 1. The van der Waals surface area contributed by atoms with Crippen LogP contribution in [0.2, 0.25) is 0 Å². The zero-order valence-electron chi connectivity index (χ0n) is 20.5. The van der Waals surface area contributed by atoms with Crippen molar-refractivity contribution in [1.29, 1.82) is 0 Å². The highest BCUT2D eigenvalue weighted by Gasteiger charge is 2.35. The fraction of sp³-hybridized carbons (Fsp3) is 0.290. The third-order valence-corrected chi connectivity index (χ3v) is 7.56. The van der Waals surface area contributed by atoms with E-state index < -0.39 is 0 Å².